The molecule has 25 heavy (non-hydrogen) atoms. The lowest BCUT2D eigenvalue weighted by Crippen LogP contribution is -2.02. The highest BCUT2D eigenvalue weighted by molar-refractivity contribution is 5.76. The molecular weight excluding hydrogens is 312 g/mol. The molecule has 2 heterocycles. The summed E-state index contributed by atoms with van der Waals surface area (Å²) in [6, 6.07) is 21.0. The van der Waals surface area contributed by atoms with Gasteiger partial charge in [-0.2, -0.15) is 5.10 Å². The number of nitrogens with one attached hydrogen (secondary N) is 1. The van der Waals surface area contributed by atoms with Crippen LogP contribution in [0.15, 0.2) is 83.9 Å². The Morgan fingerprint density at radius 3 is 2.24 bits per heavy atom. The van der Waals surface area contributed by atoms with E-state index in [1.165, 1.54) is 12.3 Å². The van der Waals surface area contributed by atoms with Crippen molar-refractivity contribution in [1.29, 1.82) is 0 Å². The smallest absolute Gasteiger partial charge is 0.264 e. The fourth-order valence-electron chi connectivity index (χ4n) is 2.11. The molecule has 0 amide bonds. The normalized spacial score (nSPS) is 10.4. The van der Waals surface area contributed by atoms with Crippen molar-refractivity contribution < 1.29 is 0 Å². The second-order valence-electron chi connectivity index (χ2n) is 5.14. The Kier molecular flexibility index (Phi) is 5.40. The summed E-state index contributed by atoms with van der Waals surface area (Å²) in [5.41, 5.74) is 3.72. The van der Waals surface area contributed by atoms with Crippen LogP contribution in [0.4, 0.5) is 0 Å². The monoisotopic (exact) mass is 328 g/mol. The highest BCUT2D eigenvalue weighted by Crippen LogP contribution is 2.10. The zero-order valence-corrected chi connectivity index (χ0v) is 13.4. The molecule has 0 bridgehead atoms. The van der Waals surface area contributed by atoms with Crippen molar-refractivity contribution in [1.82, 2.24) is 20.2 Å². The molecule has 122 valence electrons. The predicted molar refractivity (Wildman–Crippen MR) is 99.8 cm³/mol. The van der Waals surface area contributed by atoms with Crippen LogP contribution in [-0.2, 0) is 0 Å². The molecule has 0 atom stereocenters. The van der Waals surface area contributed by atoms with Crippen LogP contribution in [0.5, 0.6) is 0 Å². The fraction of sp³-hybridized carbons (Fsp3) is 0. The van der Waals surface area contributed by atoms with E-state index in [-0.39, 0.29) is 5.56 Å². The van der Waals surface area contributed by atoms with E-state index in [0.717, 1.165) is 22.3 Å². The van der Waals surface area contributed by atoms with E-state index in [1.54, 1.807) is 12.3 Å². The first-order valence-corrected chi connectivity index (χ1v) is 7.76. The van der Waals surface area contributed by atoms with Crippen LogP contribution in [0.25, 0.3) is 23.2 Å². The number of benzene rings is 2. The zero-order valence-electron chi connectivity index (χ0n) is 13.4. The second-order valence-corrected chi connectivity index (χ2v) is 5.14. The maximum atomic E-state index is 10.2. The summed E-state index contributed by atoms with van der Waals surface area (Å²) < 4.78 is 0. The number of H-pyrrole nitrogens is 1. The standard InChI is InChI=1S/C16H12N2.C4H4N2O/c1-2-6-13(7-3-1)10-11-14-12-17-15-8-4-5-9-16(15)18-14;7-4-2-1-3-5-6-4/h1-12H;1-3H,(H,6,7). The Hall–Kier alpha value is -3.60. The van der Waals surface area contributed by atoms with E-state index in [2.05, 4.69) is 32.3 Å². The van der Waals surface area contributed by atoms with Crippen molar-refractivity contribution in [3.63, 3.8) is 0 Å². The largest absolute Gasteiger partial charge is 0.268 e. The van der Waals surface area contributed by atoms with Crippen molar-refractivity contribution in [3.8, 4) is 0 Å². The lowest BCUT2D eigenvalue weighted by molar-refractivity contribution is 0.988. The average Bonchev–Trinajstić information content (AvgIpc) is 2.68. The average molecular weight is 328 g/mol. The molecule has 0 fully saturated rings. The van der Waals surface area contributed by atoms with Gasteiger partial charge in [0.25, 0.3) is 5.56 Å². The number of para-hydroxylation sites is 2. The topological polar surface area (TPSA) is 71.5 Å². The molecular formula is C20H16N4O. The highest BCUT2D eigenvalue weighted by Gasteiger charge is 1.95. The molecule has 0 aliphatic heterocycles. The van der Waals surface area contributed by atoms with E-state index in [9.17, 15) is 4.79 Å². The first-order valence-electron chi connectivity index (χ1n) is 7.76. The maximum Gasteiger partial charge on any atom is 0.264 e. The van der Waals surface area contributed by atoms with Crippen LogP contribution >= 0.6 is 0 Å². The van der Waals surface area contributed by atoms with Crippen molar-refractivity contribution in [3.05, 3.63) is 101 Å². The molecule has 0 aliphatic rings. The van der Waals surface area contributed by atoms with Crippen molar-refractivity contribution >= 4 is 23.2 Å². The maximum absolute atomic E-state index is 10.2. The minimum atomic E-state index is -0.164. The van der Waals surface area contributed by atoms with Gasteiger partial charge in [0.05, 0.1) is 22.9 Å². The summed E-state index contributed by atoms with van der Waals surface area (Å²) in [4.78, 5) is 19.1. The molecule has 0 saturated carbocycles. The zero-order chi connectivity index (χ0) is 17.3. The number of hydrogen-bond donors (Lipinski definition) is 1. The molecule has 1 N–H and O–H groups in total. The highest BCUT2D eigenvalue weighted by atomic mass is 16.1. The van der Waals surface area contributed by atoms with Gasteiger partial charge in [-0.1, -0.05) is 48.5 Å². The molecule has 0 unspecified atom stereocenters. The predicted octanol–water partition coefficient (Wildman–Crippen LogP) is 3.57. The molecule has 4 rings (SSSR count). The molecule has 0 spiro atoms. The lowest BCUT2D eigenvalue weighted by Gasteiger charge is -1.97. The Labute approximate surface area is 144 Å². The number of aromatic amines is 1. The van der Waals surface area contributed by atoms with Gasteiger partial charge in [-0.05, 0) is 29.8 Å². The van der Waals surface area contributed by atoms with Crippen LogP contribution in [0.1, 0.15) is 11.3 Å². The Morgan fingerprint density at radius 2 is 1.56 bits per heavy atom. The molecule has 5 nitrogen and oxygen atoms in total. The first kappa shape index (κ1) is 16.3. The van der Waals surface area contributed by atoms with Crippen LogP contribution in [0.2, 0.25) is 0 Å². The third kappa shape index (κ3) is 4.94. The molecule has 2 aromatic heterocycles. The Bertz CT molecular complexity index is 1010. The molecule has 2 aromatic carbocycles. The minimum Gasteiger partial charge on any atom is -0.268 e. The summed E-state index contributed by atoms with van der Waals surface area (Å²) in [5, 5.41) is 5.67. The summed E-state index contributed by atoms with van der Waals surface area (Å²) in [7, 11) is 0. The van der Waals surface area contributed by atoms with Gasteiger partial charge in [-0.15, -0.1) is 0 Å². The number of rotatable bonds is 2. The van der Waals surface area contributed by atoms with Gasteiger partial charge in [-0.25, -0.2) is 10.1 Å². The second kappa shape index (κ2) is 8.31. The van der Waals surface area contributed by atoms with Gasteiger partial charge in [0, 0.05) is 12.3 Å². The summed E-state index contributed by atoms with van der Waals surface area (Å²) in [6.07, 6.45) is 7.33. The third-order valence-corrected chi connectivity index (χ3v) is 3.30. The van der Waals surface area contributed by atoms with E-state index in [0.29, 0.717) is 0 Å². The van der Waals surface area contributed by atoms with Gasteiger partial charge in [-0.3, -0.25) is 9.78 Å². The number of nitrogens with zero attached hydrogens (tertiary/aromatic N) is 3. The lowest BCUT2D eigenvalue weighted by atomic mass is 10.2. The van der Waals surface area contributed by atoms with Crippen molar-refractivity contribution in [2.24, 2.45) is 0 Å². The molecule has 0 saturated heterocycles. The molecule has 4 aromatic rings. The van der Waals surface area contributed by atoms with Crippen LogP contribution < -0.4 is 5.56 Å². The molecule has 5 heteroatoms. The summed E-state index contributed by atoms with van der Waals surface area (Å²) >= 11 is 0. The van der Waals surface area contributed by atoms with Crippen LogP contribution in [0.3, 0.4) is 0 Å². The first-order chi connectivity index (χ1) is 12.3. The van der Waals surface area contributed by atoms with Crippen molar-refractivity contribution in [2.45, 2.75) is 0 Å². The number of fused-ring (bicyclic) bond motifs is 1. The van der Waals surface area contributed by atoms with E-state index in [4.69, 9.17) is 0 Å². The quantitative estimate of drug-likeness (QED) is 0.610. The fourth-order valence-corrected chi connectivity index (χ4v) is 2.11. The number of aromatic nitrogens is 4. The van der Waals surface area contributed by atoms with Crippen LogP contribution in [0, 0.1) is 0 Å². The van der Waals surface area contributed by atoms with E-state index >= 15 is 0 Å². The Balaban J connectivity index is 0.000000219. The summed E-state index contributed by atoms with van der Waals surface area (Å²) in [5.74, 6) is 0. The minimum absolute atomic E-state index is 0.164. The van der Waals surface area contributed by atoms with E-state index < -0.39 is 0 Å². The molecule has 0 aliphatic carbocycles. The molecule has 0 radical (unpaired) electrons. The number of hydrogen-bond acceptors (Lipinski definition) is 4. The summed E-state index contributed by atoms with van der Waals surface area (Å²) in [6.45, 7) is 0. The Morgan fingerprint density at radius 1 is 0.800 bits per heavy atom. The van der Waals surface area contributed by atoms with Crippen LogP contribution in [-0.4, -0.2) is 20.2 Å². The van der Waals surface area contributed by atoms with Gasteiger partial charge in [0.15, 0.2) is 0 Å². The van der Waals surface area contributed by atoms with Gasteiger partial charge < -0.3 is 0 Å². The van der Waals surface area contributed by atoms with Gasteiger partial charge in [0.2, 0.25) is 0 Å². The van der Waals surface area contributed by atoms with Gasteiger partial charge in [0.1, 0.15) is 0 Å². The van der Waals surface area contributed by atoms with Gasteiger partial charge >= 0.3 is 0 Å². The van der Waals surface area contributed by atoms with Crippen molar-refractivity contribution in [2.75, 3.05) is 0 Å². The SMILES string of the molecule is C(=Cc1cnc2ccccc2n1)c1ccccc1.O=c1cccn[nH]1. The van der Waals surface area contributed by atoms with E-state index in [1.807, 2.05) is 54.6 Å². The third-order valence-electron chi connectivity index (χ3n) is 3.30.